The number of nitrogens with zero attached hydrogens (tertiary/aromatic N) is 5. The van der Waals surface area contributed by atoms with E-state index >= 15 is 0 Å². The number of methoxy groups -OCH3 is 1. The minimum absolute atomic E-state index is 0.213. The van der Waals surface area contributed by atoms with Crippen molar-refractivity contribution in [3.8, 4) is 11.5 Å². The highest BCUT2D eigenvalue weighted by Crippen LogP contribution is 2.29. The van der Waals surface area contributed by atoms with Gasteiger partial charge in [0, 0.05) is 25.1 Å². The Morgan fingerprint density at radius 1 is 1.18 bits per heavy atom. The molecule has 0 spiro atoms. The van der Waals surface area contributed by atoms with E-state index in [0.29, 0.717) is 13.2 Å². The van der Waals surface area contributed by atoms with Crippen LogP contribution in [0.15, 0.2) is 47.8 Å². The molecule has 1 fully saturated rings. The number of hydrogen-bond donors (Lipinski definition) is 0. The molecule has 34 heavy (non-hydrogen) atoms. The van der Waals surface area contributed by atoms with Gasteiger partial charge < -0.3 is 18.8 Å². The molecule has 0 aliphatic carbocycles. The standard InChI is InChI=1S/C25H33N5O3S/c1-4-32-23-14-19(10-11-22(23)31-3)15-29(2)17-24-27-28-25(30(24)16-21-9-7-13-33-21)34-18-20-8-5-6-12-26-20/h5-6,8,10-12,14,21H,4,7,9,13,15-18H2,1-3H3. The van der Waals surface area contributed by atoms with E-state index in [4.69, 9.17) is 14.2 Å². The maximum Gasteiger partial charge on any atom is 0.191 e. The highest BCUT2D eigenvalue weighted by Gasteiger charge is 2.22. The summed E-state index contributed by atoms with van der Waals surface area (Å²) < 4.78 is 19.3. The molecule has 2 aromatic heterocycles. The molecule has 4 rings (SSSR count). The summed E-state index contributed by atoms with van der Waals surface area (Å²) in [5.41, 5.74) is 2.18. The summed E-state index contributed by atoms with van der Waals surface area (Å²) in [4.78, 5) is 6.67. The van der Waals surface area contributed by atoms with Crippen LogP contribution in [0.25, 0.3) is 0 Å². The van der Waals surface area contributed by atoms with Crippen molar-refractivity contribution in [1.82, 2.24) is 24.6 Å². The largest absolute Gasteiger partial charge is 0.493 e. The molecule has 0 bridgehead atoms. The number of benzene rings is 1. The maximum absolute atomic E-state index is 5.92. The Bertz CT molecular complexity index is 1040. The van der Waals surface area contributed by atoms with Crippen LogP contribution in [0.5, 0.6) is 11.5 Å². The van der Waals surface area contributed by atoms with E-state index in [1.807, 2.05) is 43.5 Å². The van der Waals surface area contributed by atoms with Crippen LogP contribution in [0, 0.1) is 0 Å². The van der Waals surface area contributed by atoms with Crippen molar-refractivity contribution in [3.05, 3.63) is 59.7 Å². The fourth-order valence-electron chi connectivity index (χ4n) is 4.04. The Hall–Kier alpha value is -2.62. The first-order valence-electron chi connectivity index (χ1n) is 11.7. The summed E-state index contributed by atoms with van der Waals surface area (Å²) in [5.74, 6) is 3.22. The van der Waals surface area contributed by atoms with E-state index in [2.05, 4.69) is 37.8 Å². The highest BCUT2D eigenvalue weighted by molar-refractivity contribution is 7.98. The molecule has 1 aliphatic rings. The van der Waals surface area contributed by atoms with Gasteiger partial charge in [-0.1, -0.05) is 23.9 Å². The third-order valence-electron chi connectivity index (χ3n) is 5.67. The fraction of sp³-hybridized carbons (Fsp3) is 0.480. The number of hydrogen-bond acceptors (Lipinski definition) is 8. The molecule has 1 aliphatic heterocycles. The molecule has 3 aromatic rings. The van der Waals surface area contributed by atoms with Crippen LogP contribution in [0.2, 0.25) is 0 Å². The SMILES string of the molecule is CCOc1cc(CN(C)Cc2nnc(SCc3ccccn3)n2CC2CCCO2)ccc1OC. The zero-order valence-electron chi connectivity index (χ0n) is 20.1. The minimum Gasteiger partial charge on any atom is -0.493 e. The van der Waals surface area contributed by atoms with Gasteiger partial charge >= 0.3 is 0 Å². The second-order valence-electron chi connectivity index (χ2n) is 8.34. The first kappa shape index (κ1) is 24.5. The number of thioether (sulfide) groups is 1. The van der Waals surface area contributed by atoms with Gasteiger partial charge in [-0.3, -0.25) is 9.88 Å². The molecule has 9 heteroatoms. The van der Waals surface area contributed by atoms with Gasteiger partial charge in [-0.15, -0.1) is 10.2 Å². The van der Waals surface area contributed by atoms with Crippen LogP contribution in [-0.4, -0.2) is 58.1 Å². The van der Waals surface area contributed by atoms with E-state index < -0.39 is 0 Å². The second kappa shape index (κ2) is 12.2. The molecule has 1 aromatic carbocycles. The lowest BCUT2D eigenvalue weighted by Gasteiger charge is -2.20. The smallest absolute Gasteiger partial charge is 0.191 e. The van der Waals surface area contributed by atoms with Crippen LogP contribution in [-0.2, 0) is 30.1 Å². The van der Waals surface area contributed by atoms with Gasteiger partial charge in [0.25, 0.3) is 0 Å². The van der Waals surface area contributed by atoms with E-state index in [0.717, 1.165) is 72.0 Å². The summed E-state index contributed by atoms with van der Waals surface area (Å²) in [6.45, 7) is 5.62. The Morgan fingerprint density at radius 2 is 2.09 bits per heavy atom. The molecule has 182 valence electrons. The van der Waals surface area contributed by atoms with Crippen molar-refractivity contribution in [1.29, 1.82) is 0 Å². The third-order valence-corrected chi connectivity index (χ3v) is 6.67. The highest BCUT2D eigenvalue weighted by atomic mass is 32.2. The summed E-state index contributed by atoms with van der Waals surface area (Å²) in [7, 11) is 3.75. The monoisotopic (exact) mass is 483 g/mol. The number of aromatic nitrogens is 4. The van der Waals surface area contributed by atoms with E-state index in [1.54, 1.807) is 18.9 Å². The minimum atomic E-state index is 0.213. The Kier molecular flexibility index (Phi) is 8.79. The van der Waals surface area contributed by atoms with Gasteiger partial charge in [0.15, 0.2) is 16.7 Å². The first-order valence-corrected chi connectivity index (χ1v) is 12.7. The summed E-state index contributed by atoms with van der Waals surface area (Å²) >= 11 is 1.67. The summed E-state index contributed by atoms with van der Waals surface area (Å²) in [5, 5.41) is 9.99. The normalized spacial score (nSPS) is 15.7. The first-order chi connectivity index (χ1) is 16.7. The van der Waals surface area contributed by atoms with Crippen molar-refractivity contribution >= 4 is 11.8 Å². The third kappa shape index (κ3) is 6.49. The summed E-state index contributed by atoms with van der Waals surface area (Å²) in [6, 6.07) is 12.1. The lowest BCUT2D eigenvalue weighted by molar-refractivity contribution is 0.0934. The molecule has 0 radical (unpaired) electrons. The van der Waals surface area contributed by atoms with Crippen molar-refractivity contribution in [2.75, 3.05) is 27.4 Å². The lowest BCUT2D eigenvalue weighted by Crippen LogP contribution is -2.23. The molecule has 1 saturated heterocycles. The second-order valence-corrected chi connectivity index (χ2v) is 9.29. The van der Waals surface area contributed by atoms with E-state index in [9.17, 15) is 0 Å². The topological polar surface area (TPSA) is 74.5 Å². The predicted octanol–water partition coefficient (Wildman–Crippen LogP) is 4.18. The Labute approximate surface area is 205 Å². The lowest BCUT2D eigenvalue weighted by atomic mass is 10.2. The van der Waals surface area contributed by atoms with Crippen LogP contribution in [0.1, 0.15) is 36.8 Å². The van der Waals surface area contributed by atoms with Crippen molar-refractivity contribution < 1.29 is 14.2 Å². The number of pyridine rings is 1. The average Bonchev–Trinajstić information content (AvgIpc) is 3.49. The molecule has 1 atom stereocenters. The zero-order chi connectivity index (χ0) is 23.8. The van der Waals surface area contributed by atoms with E-state index in [-0.39, 0.29) is 6.10 Å². The molecule has 0 amide bonds. The van der Waals surface area contributed by atoms with Crippen molar-refractivity contribution in [2.24, 2.45) is 0 Å². The van der Waals surface area contributed by atoms with Crippen LogP contribution >= 0.6 is 11.8 Å². The fourth-order valence-corrected chi connectivity index (χ4v) is 4.92. The van der Waals surface area contributed by atoms with Crippen molar-refractivity contribution in [2.45, 2.75) is 56.4 Å². The van der Waals surface area contributed by atoms with E-state index in [1.165, 1.54) is 0 Å². The molecule has 8 nitrogen and oxygen atoms in total. The Morgan fingerprint density at radius 3 is 2.82 bits per heavy atom. The molecule has 0 saturated carbocycles. The number of rotatable bonds is 12. The average molecular weight is 484 g/mol. The molecular weight excluding hydrogens is 450 g/mol. The molecule has 0 N–H and O–H groups in total. The zero-order valence-corrected chi connectivity index (χ0v) is 21.0. The number of ether oxygens (including phenoxy) is 3. The van der Waals surface area contributed by atoms with Gasteiger partial charge in [0.1, 0.15) is 5.82 Å². The molecule has 3 heterocycles. The van der Waals surface area contributed by atoms with Gasteiger partial charge in [0.2, 0.25) is 0 Å². The van der Waals surface area contributed by atoms with Gasteiger partial charge in [-0.25, -0.2) is 0 Å². The van der Waals surface area contributed by atoms with Crippen LogP contribution in [0.3, 0.4) is 0 Å². The predicted molar refractivity (Wildman–Crippen MR) is 132 cm³/mol. The van der Waals surface area contributed by atoms with Gasteiger partial charge in [0.05, 0.1) is 38.6 Å². The molecule has 1 unspecified atom stereocenters. The van der Waals surface area contributed by atoms with Crippen LogP contribution < -0.4 is 9.47 Å². The van der Waals surface area contributed by atoms with Crippen LogP contribution in [0.4, 0.5) is 0 Å². The van der Waals surface area contributed by atoms with Gasteiger partial charge in [-0.2, -0.15) is 0 Å². The summed E-state index contributed by atoms with van der Waals surface area (Å²) in [6.07, 6.45) is 4.22. The Balaban J connectivity index is 1.46. The molecular formula is C25H33N5O3S. The quantitative estimate of drug-likeness (QED) is 0.355. The van der Waals surface area contributed by atoms with Gasteiger partial charge in [-0.05, 0) is 56.6 Å². The van der Waals surface area contributed by atoms with Crippen molar-refractivity contribution in [3.63, 3.8) is 0 Å². The maximum atomic E-state index is 5.92.